The molecule has 0 aliphatic rings. The Morgan fingerprint density at radius 3 is 2.55 bits per heavy atom. The number of benzene rings is 2. The van der Waals surface area contributed by atoms with Crippen LogP contribution >= 0.6 is 11.3 Å². The van der Waals surface area contributed by atoms with Crippen LogP contribution in [-0.4, -0.2) is 22.5 Å². The van der Waals surface area contributed by atoms with Crippen molar-refractivity contribution in [1.82, 2.24) is 10.3 Å². The minimum absolute atomic E-state index is 0.110. The molecule has 0 bridgehead atoms. The van der Waals surface area contributed by atoms with Gasteiger partial charge in [-0.1, -0.05) is 42.5 Å². The number of carbonyl (C=O) groups excluding carboxylic acids is 2. The van der Waals surface area contributed by atoms with Gasteiger partial charge >= 0.3 is 5.97 Å². The topological polar surface area (TPSA) is 68.3 Å². The lowest BCUT2D eigenvalue weighted by Gasteiger charge is -2.19. The van der Waals surface area contributed by atoms with Gasteiger partial charge in [-0.05, 0) is 38.5 Å². The molecule has 1 aromatic heterocycles. The zero-order valence-corrected chi connectivity index (χ0v) is 17.6. The Kier molecular flexibility index (Phi) is 6.44. The summed E-state index contributed by atoms with van der Waals surface area (Å²) in [5.74, 6) is -0.483. The van der Waals surface area contributed by atoms with Gasteiger partial charge < -0.3 is 10.1 Å². The number of aromatic nitrogens is 1. The quantitative estimate of drug-likeness (QED) is 0.604. The fraction of sp³-hybridized carbons (Fsp3) is 0.261. The van der Waals surface area contributed by atoms with E-state index in [0.29, 0.717) is 12.1 Å². The van der Waals surface area contributed by atoms with Gasteiger partial charge in [-0.15, -0.1) is 11.3 Å². The predicted octanol–water partition coefficient (Wildman–Crippen LogP) is 4.62. The summed E-state index contributed by atoms with van der Waals surface area (Å²) in [4.78, 5) is 29.0. The van der Waals surface area contributed by atoms with Gasteiger partial charge in [0.25, 0.3) is 0 Å². The Hall–Kier alpha value is -2.99. The predicted molar refractivity (Wildman–Crippen MR) is 115 cm³/mol. The molecule has 0 aliphatic heterocycles. The minimum Gasteiger partial charge on any atom is -0.456 e. The number of hydrogen-bond donors (Lipinski definition) is 1. The lowest BCUT2D eigenvalue weighted by molar-refractivity contribution is -0.120. The number of carbonyl (C=O) groups is 2. The maximum absolute atomic E-state index is 12.3. The van der Waals surface area contributed by atoms with E-state index in [4.69, 9.17) is 4.74 Å². The highest BCUT2D eigenvalue weighted by Gasteiger charge is 2.18. The molecule has 0 aliphatic carbocycles. The Balaban J connectivity index is 1.55. The summed E-state index contributed by atoms with van der Waals surface area (Å²) in [7, 11) is 0. The van der Waals surface area contributed by atoms with E-state index in [1.807, 2.05) is 62.5 Å². The van der Waals surface area contributed by atoms with Gasteiger partial charge in [0.2, 0.25) is 5.91 Å². The highest BCUT2D eigenvalue weighted by molar-refractivity contribution is 7.10. The first-order valence-electron chi connectivity index (χ1n) is 9.39. The summed E-state index contributed by atoms with van der Waals surface area (Å²) in [6, 6.07) is 17.0. The van der Waals surface area contributed by atoms with Crippen LogP contribution in [0.5, 0.6) is 0 Å². The molecular weight excluding hydrogens is 384 g/mol. The van der Waals surface area contributed by atoms with Gasteiger partial charge in [-0.3, -0.25) is 4.79 Å². The Labute approximate surface area is 174 Å². The van der Waals surface area contributed by atoms with Gasteiger partial charge in [-0.2, -0.15) is 0 Å². The van der Waals surface area contributed by atoms with Crippen molar-refractivity contribution < 1.29 is 14.3 Å². The molecule has 1 N–H and O–H groups in total. The number of esters is 1. The molecule has 3 aromatic rings. The standard InChI is InChI=1S/C23H24N2O3S/c1-23(2,3)28-22(27)18-11-7-8-16(12-18)14-24-20(26)13-21-25-19(15-29-21)17-9-5-4-6-10-17/h4-12,15H,13-14H2,1-3H3,(H,24,26). The molecule has 2 aromatic carbocycles. The summed E-state index contributed by atoms with van der Waals surface area (Å²) < 4.78 is 5.39. The van der Waals surface area contributed by atoms with E-state index < -0.39 is 5.60 Å². The zero-order valence-electron chi connectivity index (χ0n) is 16.8. The average Bonchev–Trinajstić information content (AvgIpc) is 3.14. The van der Waals surface area contributed by atoms with Gasteiger partial charge in [0, 0.05) is 17.5 Å². The van der Waals surface area contributed by atoms with Crippen molar-refractivity contribution in [3.05, 3.63) is 76.1 Å². The number of thiazole rings is 1. The van der Waals surface area contributed by atoms with Crippen LogP contribution in [0.1, 0.15) is 41.7 Å². The van der Waals surface area contributed by atoms with Crippen LogP contribution in [0.15, 0.2) is 60.0 Å². The first kappa shape index (κ1) is 20.7. The second-order valence-electron chi connectivity index (χ2n) is 7.65. The largest absolute Gasteiger partial charge is 0.456 e. The van der Waals surface area contributed by atoms with Gasteiger partial charge in [0.15, 0.2) is 0 Å². The molecule has 5 nitrogen and oxygen atoms in total. The van der Waals surface area contributed by atoms with E-state index in [9.17, 15) is 9.59 Å². The van der Waals surface area contributed by atoms with Crippen LogP contribution in [0.3, 0.4) is 0 Å². The van der Waals surface area contributed by atoms with E-state index >= 15 is 0 Å². The molecule has 0 saturated heterocycles. The van der Waals surface area contributed by atoms with Crippen molar-refractivity contribution in [2.75, 3.05) is 0 Å². The summed E-state index contributed by atoms with van der Waals surface area (Å²) in [6.45, 7) is 5.83. The second-order valence-corrected chi connectivity index (χ2v) is 8.59. The summed E-state index contributed by atoms with van der Waals surface area (Å²) in [5, 5.41) is 5.61. The van der Waals surface area contributed by atoms with Gasteiger partial charge in [0.1, 0.15) is 10.6 Å². The zero-order chi connectivity index (χ0) is 20.9. The maximum Gasteiger partial charge on any atom is 0.338 e. The van der Waals surface area contributed by atoms with Crippen molar-refractivity contribution in [3.8, 4) is 11.3 Å². The van der Waals surface area contributed by atoms with Crippen LogP contribution in [-0.2, 0) is 22.5 Å². The highest BCUT2D eigenvalue weighted by atomic mass is 32.1. The van der Waals surface area contributed by atoms with Gasteiger partial charge in [0.05, 0.1) is 17.7 Å². The van der Waals surface area contributed by atoms with E-state index in [2.05, 4.69) is 10.3 Å². The number of hydrogen-bond acceptors (Lipinski definition) is 5. The molecule has 6 heteroatoms. The Morgan fingerprint density at radius 2 is 1.83 bits per heavy atom. The van der Waals surface area contributed by atoms with Crippen LogP contribution in [0, 0.1) is 0 Å². The highest BCUT2D eigenvalue weighted by Crippen LogP contribution is 2.21. The Morgan fingerprint density at radius 1 is 1.07 bits per heavy atom. The number of ether oxygens (including phenoxy) is 1. The SMILES string of the molecule is CC(C)(C)OC(=O)c1cccc(CNC(=O)Cc2nc(-c3ccccc3)cs2)c1. The van der Waals surface area contributed by atoms with Crippen molar-refractivity contribution in [3.63, 3.8) is 0 Å². The molecule has 0 saturated carbocycles. The molecule has 0 radical (unpaired) electrons. The third-order valence-corrected chi connectivity index (χ3v) is 4.83. The van der Waals surface area contributed by atoms with Crippen LogP contribution in [0.4, 0.5) is 0 Å². The second kappa shape index (κ2) is 9.01. The summed E-state index contributed by atoms with van der Waals surface area (Å²) in [6.07, 6.45) is 0.225. The van der Waals surface area contributed by atoms with E-state index in [1.165, 1.54) is 11.3 Å². The molecule has 150 valence electrons. The summed E-state index contributed by atoms with van der Waals surface area (Å²) in [5.41, 5.74) is 2.68. The summed E-state index contributed by atoms with van der Waals surface area (Å²) >= 11 is 1.47. The third-order valence-electron chi connectivity index (χ3n) is 3.98. The van der Waals surface area contributed by atoms with Crippen LogP contribution < -0.4 is 5.32 Å². The van der Waals surface area contributed by atoms with Crippen molar-refractivity contribution in [2.24, 2.45) is 0 Å². The van der Waals surface area contributed by atoms with Crippen molar-refractivity contribution in [2.45, 2.75) is 39.3 Å². The molecule has 1 heterocycles. The smallest absolute Gasteiger partial charge is 0.338 e. The molecule has 29 heavy (non-hydrogen) atoms. The number of nitrogens with zero attached hydrogens (tertiary/aromatic N) is 1. The molecule has 3 rings (SSSR count). The maximum atomic E-state index is 12.3. The van der Waals surface area contributed by atoms with Crippen LogP contribution in [0.2, 0.25) is 0 Å². The molecule has 0 spiro atoms. The normalized spacial score (nSPS) is 11.1. The van der Waals surface area contributed by atoms with Crippen molar-refractivity contribution >= 4 is 23.2 Å². The minimum atomic E-state index is -0.548. The number of rotatable bonds is 6. The molecular formula is C23H24N2O3S. The molecule has 0 fully saturated rings. The molecule has 0 unspecified atom stereocenters. The monoisotopic (exact) mass is 408 g/mol. The molecule has 0 atom stereocenters. The third kappa shape index (κ3) is 6.26. The molecule has 1 amide bonds. The Bertz CT molecular complexity index is 991. The fourth-order valence-corrected chi connectivity index (χ4v) is 3.48. The van der Waals surface area contributed by atoms with E-state index in [0.717, 1.165) is 21.8 Å². The van der Waals surface area contributed by atoms with E-state index in [1.54, 1.807) is 18.2 Å². The first-order valence-corrected chi connectivity index (χ1v) is 10.3. The lowest BCUT2D eigenvalue weighted by Crippen LogP contribution is -2.25. The first-order chi connectivity index (χ1) is 13.8. The lowest BCUT2D eigenvalue weighted by atomic mass is 10.1. The van der Waals surface area contributed by atoms with Gasteiger partial charge in [-0.25, -0.2) is 9.78 Å². The number of nitrogens with one attached hydrogen (secondary N) is 1. The van der Waals surface area contributed by atoms with E-state index in [-0.39, 0.29) is 18.3 Å². The number of amides is 1. The fourth-order valence-electron chi connectivity index (χ4n) is 2.68. The van der Waals surface area contributed by atoms with Crippen molar-refractivity contribution in [1.29, 1.82) is 0 Å². The average molecular weight is 409 g/mol. The van der Waals surface area contributed by atoms with Crippen LogP contribution in [0.25, 0.3) is 11.3 Å².